The lowest BCUT2D eigenvalue weighted by Gasteiger charge is -2.10. The van der Waals surface area contributed by atoms with Gasteiger partial charge in [-0.15, -0.1) is 0 Å². The molecule has 0 aliphatic rings. The molecule has 0 spiro atoms. The Balaban J connectivity index is 2.33. The molecule has 0 unspecified atom stereocenters. The first-order chi connectivity index (χ1) is 8.31. The second-order valence-electron chi connectivity index (χ2n) is 3.78. The van der Waals surface area contributed by atoms with E-state index in [-0.39, 0.29) is 5.82 Å². The first-order valence-corrected chi connectivity index (χ1v) is 5.70. The summed E-state index contributed by atoms with van der Waals surface area (Å²) in [6, 6.07) is 15.0. The molecule has 0 aromatic heterocycles. The van der Waals surface area contributed by atoms with Crippen LogP contribution in [-0.2, 0) is 0 Å². The molecule has 0 aliphatic carbocycles. The van der Waals surface area contributed by atoms with Crippen LogP contribution < -0.4 is 4.74 Å². The second kappa shape index (κ2) is 5.48. The van der Waals surface area contributed by atoms with Crippen molar-refractivity contribution in [1.82, 2.24) is 0 Å². The molecule has 0 N–H and O–H groups in total. The summed E-state index contributed by atoms with van der Waals surface area (Å²) in [5.41, 5.74) is 1.88. The Labute approximate surface area is 101 Å². The van der Waals surface area contributed by atoms with Gasteiger partial charge in [0.05, 0.1) is 6.61 Å². The molecule has 87 valence electrons. The molecular formula is C15H14FO. The zero-order valence-corrected chi connectivity index (χ0v) is 9.74. The Hall–Kier alpha value is -1.83. The molecular weight excluding hydrogens is 215 g/mol. The molecule has 2 rings (SSSR count). The topological polar surface area (TPSA) is 9.23 Å². The van der Waals surface area contributed by atoms with Gasteiger partial charge in [0.2, 0.25) is 0 Å². The number of rotatable bonds is 4. The molecule has 0 heterocycles. The smallest absolute Gasteiger partial charge is 0.127 e. The molecule has 0 saturated heterocycles. The summed E-state index contributed by atoms with van der Waals surface area (Å²) in [6.07, 6.45) is 0.960. The number of benzene rings is 2. The normalized spacial score (nSPS) is 10.2. The van der Waals surface area contributed by atoms with Gasteiger partial charge in [-0.3, -0.25) is 0 Å². The van der Waals surface area contributed by atoms with Crippen molar-refractivity contribution >= 4 is 0 Å². The van der Waals surface area contributed by atoms with E-state index in [9.17, 15) is 4.39 Å². The maximum absolute atomic E-state index is 12.9. The number of ether oxygens (including phenoxy) is 1. The highest BCUT2D eigenvalue weighted by Crippen LogP contribution is 2.29. The van der Waals surface area contributed by atoms with Gasteiger partial charge in [-0.1, -0.05) is 25.1 Å². The van der Waals surface area contributed by atoms with Crippen molar-refractivity contribution in [2.45, 2.75) is 13.3 Å². The highest BCUT2D eigenvalue weighted by Gasteiger charge is 2.05. The Morgan fingerprint density at radius 3 is 2.65 bits per heavy atom. The van der Waals surface area contributed by atoms with Crippen LogP contribution in [0.5, 0.6) is 5.75 Å². The molecule has 0 amide bonds. The van der Waals surface area contributed by atoms with Crippen LogP contribution in [0.25, 0.3) is 11.1 Å². The van der Waals surface area contributed by atoms with E-state index in [2.05, 4.69) is 13.0 Å². The van der Waals surface area contributed by atoms with Crippen molar-refractivity contribution in [2.24, 2.45) is 0 Å². The lowest BCUT2D eigenvalue weighted by atomic mass is 10.0. The van der Waals surface area contributed by atoms with Crippen molar-refractivity contribution in [3.05, 3.63) is 54.3 Å². The van der Waals surface area contributed by atoms with E-state index in [1.54, 1.807) is 12.1 Å². The van der Waals surface area contributed by atoms with E-state index in [1.807, 2.05) is 18.2 Å². The SMILES string of the molecule is CCCOc1cc[c]cc1-c1ccc(F)cc1. The van der Waals surface area contributed by atoms with E-state index in [4.69, 9.17) is 4.74 Å². The molecule has 2 aromatic carbocycles. The quantitative estimate of drug-likeness (QED) is 0.767. The summed E-state index contributed by atoms with van der Waals surface area (Å²) in [4.78, 5) is 0. The molecule has 17 heavy (non-hydrogen) atoms. The summed E-state index contributed by atoms with van der Waals surface area (Å²) in [6.45, 7) is 2.74. The molecule has 0 atom stereocenters. The van der Waals surface area contributed by atoms with E-state index < -0.39 is 0 Å². The van der Waals surface area contributed by atoms with Gasteiger partial charge in [0, 0.05) is 5.56 Å². The lowest BCUT2D eigenvalue weighted by Crippen LogP contribution is -1.96. The third-order valence-corrected chi connectivity index (χ3v) is 2.44. The molecule has 0 fully saturated rings. The average molecular weight is 229 g/mol. The molecule has 2 aromatic rings. The predicted molar refractivity (Wildman–Crippen MR) is 66.5 cm³/mol. The monoisotopic (exact) mass is 229 g/mol. The van der Waals surface area contributed by atoms with E-state index >= 15 is 0 Å². The van der Waals surface area contributed by atoms with Gasteiger partial charge in [-0.05, 0) is 42.3 Å². The van der Waals surface area contributed by atoms with Gasteiger partial charge >= 0.3 is 0 Å². The van der Waals surface area contributed by atoms with Gasteiger partial charge in [-0.25, -0.2) is 4.39 Å². The molecule has 0 bridgehead atoms. The second-order valence-corrected chi connectivity index (χ2v) is 3.78. The van der Waals surface area contributed by atoms with Crippen LogP contribution in [0.2, 0.25) is 0 Å². The van der Waals surface area contributed by atoms with E-state index in [0.717, 1.165) is 23.3 Å². The zero-order valence-electron chi connectivity index (χ0n) is 9.74. The van der Waals surface area contributed by atoms with E-state index in [1.165, 1.54) is 12.1 Å². The molecule has 2 heteroatoms. The van der Waals surface area contributed by atoms with Crippen molar-refractivity contribution in [2.75, 3.05) is 6.61 Å². The summed E-state index contributed by atoms with van der Waals surface area (Å²) >= 11 is 0. The Morgan fingerprint density at radius 1 is 1.18 bits per heavy atom. The van der Waals surface area contributed by atoms with Crippen LogP contribution in [0, 0.1) is 11.9 Å². The summed E-state index contributed by atoms with van der Waals surface area (Å²) in [7, 11) is 0. The van der Waals surface area contributed by atoms with Crippen LogP contribution in [-0.4, -0.2) is 6.61 Å². The van der Waals surface area contributed by atoms with Gasteiger partial charge in [0.1, 0.15) is 11.6 Å². The molecule has 0 saturated carbocycles. The van der Waals surface area contributed by atoms with Crippen molar-refractivity contribution in [3.63, 3.8) is 0 Å². The lowest BCUT2D eigenvalue weighted by molar-refractivity contribution is 0.318. The Kier molecular flexibility index (Phi) is 3.76. The van der Waals surface area contributed by atoms with Gasteiger partial charge in [0.25, 0.3) is 0 Å². The highest BCUT2D eigenvalue weighted by molar-refractivity contribution is 5.70. The third-order valence-electron chi connectivity index (χ3n) is 2.44. The fourth-order valence-corrected chi connectivity index (χ4v) is 1.61. The van der Waals surface area contributed by atoms with Crippen molar-refractivity contribution in [1.29, 1.82) is 0 Å². The summed E-state index contributed by atoms with van der Waals surface area (Å²) < 4.78 is 18.5. The van der Waals surface area contributed by atoms with Gasteiger partial charge < -0.3 is 4.74 Å². The molecule has 1 radical (unpaired) electrons. The minimum Gasteiger partial charge on any atom is -0.493 e. The Bertz CT molecular complexity index is 477. The third kappa shape index (κ3) is 2.84. The minimum atomic E-state index is -0.232. The largest absolute Gasteiger partial charge is 0.493 e. The van der Waals surface area contributed by atoms with Gasteiger partial charge in [-0.2, -0.15) is 0 Å². The fourth-order valence-electron chi connectivity index (χ4n) is 1.61. The maximum Gasteiger partial charge on any atom is 0.127 e. The van der Waals surface area contributed by atoms with Crippen LogP contribution in [0.3, 0.4) is 0 Å². The minimum absolute atomic E-state index is 0.232. The van der Waals surface area contributed by atoms with Crippen LogP contribution in [0.4, 0.5) is 4.39 Å². The van der Waals surface area contributed by atoms with E-state index in [0.29, 0.717) is 6.61 Å². The maximum atomic E-state index is 12.9. The average Bonchev–Trinajstić information content (AvgIpc) is 2.38. The first-order valence-electron chi connectivity index (χ1n) is 5.70. The molecule has 1 nitrogen and oxygen atoms in total. The van der Waals surface area contributed by atoms with Gasteiger partial charge in [0.15, 0.2) is 0 Å². The zero-order chi connectivity index (χ0) is 12.1. The predicted octanol–water partition coefficient (Wildman–Crippen LogP) is 4.08. The van der Waals surface area contributed by atoms with Crippen molar-refractivity contribution < 1.29 is 9.13 Å². The summed E-state index contributed by atoms with van der Waals surface area (Å²) in [5, 5.41) is 0. The standard InChI is InChI=1S/C15H14FO/c1-2-11-17-15-6-4-3-5-14(15)12-7-9-13(16)10-8-12/h4-10H,2,11H2,1H3. The fraction of sp³-hybridized carbons (Fsp3) is 0.200. The molecule has 0 aliphatic heterocycles. The Morgan fingerprint density at radius 2 is 1.94 bits per heavy atom. The highest BCUT2D eigenvalue weighted by atomic mass is 19.1. The first kappa shape index (κ1) is 11.6. The van der Waals surface area contributed by atoms with Crippen LogP contribution >= 0.6 is 0 Å². The number of halogens is 1. The summed E-state index contributed by atoms with van der Waals surface area (Å²) in [5.74, 6) is 0.585. The number of hydrogen-bond donors (Lipinski definition) is 0. The van der Waals surface area contributed by atoms with Crippen molar-refractivity contribution in [3.8, 4) is 16.9 Å². The van der Waals surface area contributed by atoms with Crippen LogP contribution in [0.15, 0.2) is 42.5 Å². The van der Waals surface area contributed by atoms with Crippen LogP contribution in [0.1, 0.15) is 13.3 Å². The number of hydrogen-bond acceptors (Lipinski definition) is 1.